The van der Waals surface area contributed by atoms with Gasteiger partial charge in [0.25, 0.3) is 10.1 Å². The van der Waals surface area contributed by atoms with Gasteiger partial charge in [0.2, 0.25) is 0 Å². The molecule has 1 atom stereocenters. The van der Waals surface area contributed by atoms with Crippen LogP contribution >= 0.6 is 0 Å². The summed E-state index contributed by atoms with van der Waals surface area (Å²) in [5, 5.41) is 0. The van der Waals surface area contributed by atoms with Crippen molar-refractivity contribution in [2.24, 2.45) is 0 Å². The molecule has 0 fully saturated rings. The van der Waals surface area contributed by atoms with E-state index in [0.29, 0.717) is 17.4 Å². The Morgan fingerprint density at radius 2 is 2.20 bits per heavy atom. The average Bonchev–Trinajstić information content (AvgIpc) is 2.17. The van der Waals surface area contributed by atoms with E-state index in [1.807, 2.05) is 24.4 Å². The minimum absolute atomic E-state index is 0.196. The predicted octanol–water partition coefficient (Wildman–Crippen LogP) is 1.31. The highest BCUT2D eigenvalue weighted by Crippen LogP contribution is 2.14. The van der Waals surface area contributed by atoms with Crippen LogP contribution in [0.5, 0.6) is 0 Å². The molecule has 1 N–H and O–H groups in total. The highest BCUT2D eigenvalue weighted by atomic mass is 32.2. The van der Waals surface area contributed by atoms with Gasteiger partial charge >= 0.3 is 0 Å². The Morgan fingerprint density at radius 1 is 1.47 bits per heavy atom. The second-order valence-electron chi connectivity index (χ2n) is 3.60. The maximum absolute atomic E-state index is 10.6. The molecular formula is C10H16NO3S+. The monoisotopic (exact) mass is 230 g/mol. The molecule has 0 aliphatic carbocycles. The van der Waals surface area contributed by atoms with Gasteiger partial charge in [-0.15, -0.1) is 0 Å². The van der Waals surface area contributed by atoms with Crippen LogP contribution in [0, 0.1) is 0 Å². The van der Waals surface area contributed by atoms with Gasteiger partial charge in [-0.2, -0.15) is 8.42 Å². The van der Waals surface area contributed by atoms with E-state index in [1.54, 1.807) is 6.20 Å². The highest BCUT2D eigenvalue weighted by molar-refractivity contribution is 7.85. The molecule has 0 aromatic heterocycles. The zero-order valence-corrected chi connectivity index (χ0v) is 9.36. The molecule has 0 spiro atoms. The van der Waals surface area contributed by atoms with Crippen molar-refractivity contribution in [3.05, 3.63) is 37.2 Å². The van der Waals surface area contributed by atoms with E-state index in [1.165, 1.54) is 0 Å². The van der Waals surface area contributed by atoms with Crippen molar-refractivity contribution >= 4 is 10.1 Å². The summed E-state index contributed by atoms with van der Waals surface area (Å²) in [5.41, 5.74) is 0. The lowest BCUT2D eigenvalue weighted by Crippen LogP contribution is -2.39. The maximum atomic E-state index is 10.6. The first kappa shape index (κ1) is 12.2. The fourth-order valence-corrected chi connectivity index (χ4v) is 2.05. The van der Waals surface area contributed by atoms with Crippen LogP contribution in [0.4, 0.5) is 0 Å². The lowest BCUT2D eigenvalue weighted by atomic mass is 10.2. The van der Waals surface area contributed by atoms with E-state index < -0.39 is 10.1 Å². The number of allylic oxidation sites excluding steroid dienone is 2. The molecule has 0 saturated carbocycles. The quantitative estimate of drug-likeness (QED) is 0.572. The summed E-state index contributed by atoms with van der Waals surface area (Å²) in [4.78, 5) is 0. The summed E-state index contributed by atoms with van der Waals surface area (Å²) in [7, 11) is -3.85. The van der Waals surface area contributed by atoms with Crippen LogP contribution < -0.4 is 0 Å². The van der Waals surface area contributed by atoms with Gasteiger partial charge in [0.05, 0.1) is 18.5 Å². The number of hydrogen-bond donors (Lipinski definition) is 1. The van der Waals surface area contributed by atoms with E-state index in [0.717, 1.165) is 6.54 Å². The second-order valence-corrected chi connectivity index (χ2v) is 5.17. The number of rotatable bonds is 5. The van der Waals surface area contributed by atoms with Gasteiger partial charge in [-0.3, -0.25) is 9.04 Å². The van der Waals surface area contributed by atoms with Crippen molar-refractivity contribution in [1.82, 2.24) is 0 Å². The molecule has 5 heteroatoms. The van der Waals surface area contributed by atoms with Crippen molar-refractivity contribution in [1.29, 1.82) is 0 Å². The molecule has 1 aliphatic rings. The van der Waals surface area contributed by atoms with Crippen LogP contribution in [0.25, 0.3) is 0 Å². The minimum atomic E-state index is -3.85. The molecule has 0 aromatic carbocycles. The first-order valence-electron chi connectivity index (χ1n) is 4.77. The van der Waals surface area contributed by atoms with Gasteiger partial charge in [-0.1, -0.05) is 6.08 Å². The van der Waals surface area contributed by atoms with Crippen LogP contribution in [-0.2, 0) is 10.1 Å². The van der Waals surface area contributed by atoms with Crippen molar-refractivity contribution in [3.8, 4) is 0 Å². The Labute approximate surface area is 90.5 Å². The van der Waals surface area contributed by atoms with Gasteiger partial charge in [0.15, 0.2) is 0 Å². The van der Waals surface area contributed by atoms with Crippen LogP contribution in [0.15, 0.2) is 37.2 Å². The summed E-state index contributed by atoms with van der Waals surface area (Å²) in [6.07, 6.45) is 10.0. The second kappa shape index (κ2) is 4.74. The molecule has 4 nitrogen and oxygen atoms in total. The van der Waals surface area contributed by atoms with Crippen molar-refractivity contribution in [2.45, 2.75) is 6.42 Å². The zero-order valence-electron chi connectivity index (χ0n) is 8.54. The van der Waals surface area contributed by atoms with Crippen molar-refractivity contribution in [3.63, 3.8) is 0 Å². The Hall–Kier alpha value is -0.910. The Kier molecular flexibility index (Phi) is 3.84. The van der Waals surface area contributed by atoms with Gasteiger partial charge in [-0.05, 0) is 18.7 Å². The third kappa shape index (κ3) is 3.99. The molecule has 0 amide bonds. The largest absolute Gasteiger partial charge is 0.286 e. The van der Waals surface area contributed by atoms with Crippen LogP contribution in [0.2, 0.25) is 0 Å². The lowest BCUT2D eigenvalue weighted by molar-refractivity contribution is -0.822. The first-order valence-corrected chi connectivity index (χ1v) is 6.38. The lowest BCUT2D eigenvalue weighted by Gasteiger charge is -2.30. The molecule has 1 rings (SSSR count). The average molecular weight is 230 g/mol. The van der Waals surface area contributed by atoms with E-state index in [4.69, 9.17) is 4.55 Å². The van der Waals surface area contributed by atoms with Crippen LogP contribution in [0.1, 0.15) is 6.42 Å². The fraction of sp³-hybridized carbons (Fsp3) is 0.400. The normalized spacial score (nSPS) is 25.4. The predicted molar refractivity (Wildman–Crippen MR) is 59.5 cm³/mol. The number of nitrogens with zero attached hydrogens (tertiary/aromatic N) is 1. The van der Waals surface area contributed by atoms with Gasteiger partial charge in [0.1, 0.15) is 12.7 Å². The SMILES string of the molecule is C=C[N+]1(CCCS(=O)(=O)O)C=CC=CC1. The summed E-state index contributed by atoms with van der Waals surface area (Å²) in [6.45, 7) is 5.16. The highest BCUT2D eigenvalue weighted by Gasteiger charge is 2.21. The van der Waals surface area contributed by atoms with Crippen LogP contribution in [0.3, 0.4) is 0 Å². The molecule has 1 unspecified atom stereocenters. The Morgan fingerprint density at radius 3 is 2.67 bits per heavy atom. The summed E-state index contributed by atoms with van der Waals surface area (Å²) in [6, 6.07) is 0. The fourth-order valence-electron chi connectivity index (χ4n) is 1.55. The summed E-state index contributed by atoms with van der Waals surface area (Å²) >= 11 is 0. The Balaban J connectivity index is 2.52. The smallest absolute Gasteiger partial charge is 0.265 e. The van der Waals surface area contributed by atoms with Gasteiger partial charge < -0.3 is 0 Å². The zero-order chi connectivity index (χ0) is 11.4. The molecule has 0 radical (unpaired) electrons. The minimum Gasteiger partial charge on any atom is -0.286 e. The third-order valence-electron chi connectivity index (χ3n) is 2.42. The van der Waals surface area contributed by atoms with Crippen molar-refractivity contribution in [2.75, 3.05) is 18.8 Å². The molecule has 84 valence electrons. The maximum Gasteiger partial charge on any atom is 0.265 e. The van der Waals surface area contributed by atoms with Gasteiger partial charge in [-0.25, -0.2) is 0 Å². The molecule has 0 aromatic rings. The molecule has 1 heterocycles. The number of quaternary nitrogens is 1. The Bertz CT molecular complexity index is 383. The molecule has 15 heavy (non-hydrogen) atoms. The van der Waals surface area contributed by atoms with E-state index in [2.05, 4.69) is 6.58 Å². The third-order valence-corrected chi connectivity index (χ3v) is 3.22. The number of hydrogen-bond acceptors (Lipinski definition) is 2. The molecular weight excluding hydrogens is 214 g/mol. The summed E-state index contributed by atoms with van der Waals surface area (Å²) in [5.74, 6) is -0.196. The summed E-state index contributed by atoms with van der Waals surface area (Å²) < 4.78 is 30.3. The van der Waals surface area contributed by atoms with Crippen molar-refractivity contribution < 1.29 is 17.5 Å². The van der Waals surface area contributed by atoms with E-state index in [9.17, 15) is 8.42 Å². The van der Waals surface area contributed by atoms with Gasteiger partial charge in [0, 0.05) is 6.42 Å². The topological polar surface area (TPSA) is 54.4 Å². The first-order chi connectivity index (χ1) is 6.97. The van der Waals surface area contributed by atoms with E-state index in [-0.39, 0.29) is 5.75 Å². The molecule has 0 bridgehead atoms. The standard InChI is InChI=1S/C10H15NO3S/c1-2-11(7-4-3-5-8-11)9-6-10-15(12,13)14/h2-5,7H,1,6,8-10H2/p+1. The molecule has 1 aliphatic heterocycles. The molecule has 0 saturated heterocycles. The van der Waals surface area contributed by atoms with Crippen LogP contribution in [-0.4, -0.2) is 36.3 Å². The van der Waals surface area contributed by atoms with E-state index >= 15 is 0 Å².